The predicted octanol–water partition coefficient (Wildman–Crippen LogP) is -4.90. The minimum absolute atomic E-state index is 0.00704. The third-order valence-electron chi connectivity index (χ3n) is 9.47. The van der Waals surface area contributed by atoms with Crippen molar-refractivity contribution in [1.82, 2.24) is 0 Å². The van der Waals surface area contributed by atoms with Crippen LogP contribution in [0.4, 0.5) is 0 Å². The van der Waals surface area contributed by atoms with Crippen molar-refractivity contribution in [2.75, 3.05) is 19.8 Å². The zero-order valence-electron chi connectivity index (χ0n) is 27.9. The molecule has 0 radical (unpaired) electrons. The highest BCUT2D eigenvalue weighted by molar-refractivity contribution is 5.70. The van der Waals surface area contributed by atoms with Crippen molar-refractivity contribution in [1.29, 1.82) is 0 Å². The lowest BCUT2D eigenvalue weighted by molar-refractivity contribution is -0.328. The molecule has 4 aliphatic heterocycles. The van der Waals surface area contributed by atoms with Gasteiger partial charge in [-0.3, -0.25) is 0 Å². The highest BCUT2D eigenvalue weighted by atomic mass is 16.7. The average molecular weight is 775 g/mol. The molecule has 4 aliphatic rings. The van der Waals surface area contributed by atoms with Gasteiger partial charge in [-0.1, -0.05) is 6.07 Å². The van der Waals surface area contributed by atoms with Gasteiger partial charge in [-0.15, -0.1) is 0 Å². The Balaban J connectivity index is 1.30. The molecular weight excluding hydrogens is 732 g/mol. The average Bonchev–Trinajstić information content (AvgIpc) is 3.15. The smallest absolute Gasteiger partial charge is 0.229 e. The maximum atomic E-state index is 10.9. The van der Waals surface area contributed by atoms with Crippen LogP contribution in [0.1, 0.15) is 17.2 Å². The normalized spacial score (nSPS) is 39.6. The molecule has 54 heavy (non-hydrogen) atoms. The van der Waals surface area contributed by atoms with Crippen LogP contribution in [0, 0.1) is 0 Å². The Morgan fingerprint density at radius 3 is 1.69 bits per heavy atom. The first kappa shape index (κ1) is 40.1. The second-order valence-electron chi connectivity index (χ2n) is 13.1. The van der Waals surface area contributed by atoms with Crippen molar-refractivity contribution in [3.63, 3.8) is 0 Å². The summed E-state index contributed by atoms with van der Waals surface area (Å²) < 4.78 is 39.9. The highest BCUT2D eigenvalue weighted by Gasteiger charge is 2.49. The summed E-state index contributed by atoms with van der Waals surface area (Å²) in [7, 11) is 0. The lowest BCUT2D eigenvalue weighted by Gasteiger charge is -2.43. The van der Waals surface area contributed by atoms with Gasteiger partial charge in [0.05, 0.1) is 25.4 Å². The van der Waals surface area contributed by atoms with Gasteiger partial charge in [-0.05, 0) is 18.2 Å². The fourth-order valence-electron chi connectivity index (χ4n) is 6.33. The number of aromatic hydroxyl groups is 3. The van der Waals surface area contributed by atoms with Crippen LogP contribution in [0.25, 0.3) is 6.08 Å². The molecule has 16 atom stereocenters. The van der Waals surface area contributed by atoms with Gasteiger partial charge in [0.1, 0.15) is 96.3 Å². The van der Waals surface area contributed by atoms with Crippen LogP contribution in [-0.2, 0) is 23.7 Å². The number of aliphatic hydroxyl groups excluding tert-OH is 11. The number of hydrogen-bond donors (Lipinski definition) is 14. The summed E-state index contributed by atoms with van der Waals surface area (Å²) in [4.78, 5) is 0. The van der Waals surface area contributed by atoms with Crippen molar-refractivity contribution in [3.8, 4) is 28.7 Å². The van der Waals surface area contributed by atoms with E-state index in [0.717, 1.165) is 24.3 Å². The molecule has 0 amide bonds. The number of rotatable bonds is 10. The van der Waals surface area contributed by atoms with E-state index in [2.05, 4.69) is 0 Å². The van der Waals surface area contributed by atoms with Crippen LogP contribution in [0.5, 0.6) is 28.7 Å². The van der Waals surface area contributed by atoms with E-state index in [1.54, 1.807) is 0 Å². The standard InChI is InChI=1S/C33H42O21/c34-7-18-21(39)24(42)27(45)31(52-18)48-9-20-23(41)26(44)29(47)33(54-20)51-17-6-12-15(49-30(17)10-1-2-13(37)14(38)3-10)4-11(36)5-16(12)50-32-28(46)25(43)22(40)19(8-35)53-32/h1-6,18-47H,7-9H2/t18-,19-,20-,21-,22-,23-,24+,25+,26+,27-,28-,29-,30?,31-,32-,33-/m1/s1. The summed E-state index contributed by atoms with van der Waals surface area (Å²) in [5.41, 5.74) is 0.128. The minimum Gasteiger partial charge on any atom is -0.508 e. The first-order chi connectivity index (χ1) is 25.6. The number of phenols is 3. The lowest BCUT2D eigenvalue weighted by Crippen LogP contribution is -2.61. The Hall–Kier alpha value is -3.62. The third kappa shape index (κ3) is 7.75. The Kier molecular flexibility index (Phi) is 12.0. The Morgan fingerprint density at radius 2 is 1.09 bits per heavy atom. The van der Waals surface area contributed by atoms with Crippen LogP contribution in [0.15, 0.2) is 36.1 Å². The largest absolute Gasteiger partial charge is 0.508 e. The molecule has 0 aliphatic carbocycles. The number of phenolic OH excluding ortho intramolecular Hbond substituents is 3. The zero-order valence-corrected chi connectivity index (χ0v) is 27.9. The quantitative estimate of drug-likeness (QED) is 0.101. The van der Waals surface area contributed by atoms with Crippen molar-refractivity contribution >= 4 is 6.08 Å². The van der Waals surface area contributed by atoms with E-state index in [4.69, 9.17) is 33.2 Å². The van der Waals surface area contributed by atoms with Gasteiger partial charge in [-0.2, -0.15) is 0 Å². The molecule has 6 rings (SSSR count). The monoisotopic (exact) mass is 774 g/mol. The van der Waals surface area contributed by atoms with Gasteiger partial charge in [0.2, 0.25) is 12.6 Å². The molecule has 3 saturated heterocycles. The van der Waals surface area contributed by atoms with Crippen molar-refractivity contribution in [2.45, 2.75) is 98.2 Å². The summed E-state index contributed by atoms with van der Waals surface area (Å²) in [5, 5.41) is 144. The van der Waals surface area contributed by atoms with Crippen molar-refractivity contribution in [3.05, 3.63) is 47.2 Å². The Morgan fingerprint density at radius 1 is 0.556 bits per heavy atom. The van der Waals surface area contributed by atoms with Crippen molar-refractivity contribution in [2.24, 2.45) is 0 Å². The van der Waals surface area contributed by atoms with E-state index >= 15 is 0 Å². The van der Waals surface area contributed by atoms with Gasteiger partial charge in [-0.25, -0.2) is 0 Å². The first-order valence-corrected chi connectivity index (χ1v) is 16.7. The van der Waals surface area contributed by atoms with Gasteiger partial charge in [0.25, 0.3) is 0 Å². The van der Waals surface area contributed by atoms with Crippen molar-refractivity contribution < 1.29 is 105 Å². The molecule has 0 bridgehead atoms. The predicted molar refractivity (Wildman–Crippen MR) is 171 cm³/mol. The molecule has 3 fully saturated rings. The van der Waals surface area contributed by atoms with Gasteiger partial charge in [0, 0.05) is 17.7 Å². The van der Waals surface area contributed by atoms with Gasteiger partial charge in [0.15, 0.2) is 23.9 Å². The molecular formula is C33H42O21. The molecule has 2 aromatic carbocycles. The number of hydrogen-bond acceptors (Lipinski definition) is 21. The second kappa shape index (κ2) is 16.2. The topological polar surface area (TPSA) is 348 Å². The molecule has 21 heteroatoms. The van der Waals surface area contributed by atoms with Crippen LogP contribution in [0.3, 0.4) is 0 Å². The van der Waals surface area contributed by atoms with Crippen LogP contribution < -0.4 is 9.47 Å². The minimum atomic E-state index is -1.95. The van der Waals surface area contributed by atoms with Crippen LogP contribution in [0.2, 0.25) is 0 Å². The summed E-state index contributed by atoms with van der Waals surface area (Å²) in [6, 6.07) is 5.82. The fraction of sp³-hybridized carbons (Fsp3) is 0.576. The molecule has 300 valence electrons. The second-order valence-corrected chi connectivity index (χ2v) is 13.1. The molecule has 0 spiro atoms. The molecule has 0 saturated carbocycles. The highest BCUT2D eigenvalue weighted by Crippen LogP contribution is 2.46. The Bertz CT molecular complexity index is 1640. The van der Waals surface area contributed by atoms with E-state index in [9.17, 15) is 71.5 Å². The molecule has 0 aromatic heterocycles. The maximum Gasteiger partial charge on any atom is 0.229 e. The zero-order chi connectivity index (χ0) is 39.2. The number of ether oxygens (including phenoxy) is 7. The van der Waals surface area contributed by atoms with Gasteiger partial charge >= 0.3 is 0 Å². The number of benzene rings is 2. The fourth-order valence-corrected chi connectivity index (χ4v) is 6.33. The summed E-state index contributed by atoms with van der Waals surface area (Å²) in [5.74, 6) is -2.07. The molecule has 4 heterocycles. The summed E-state index contributed by atoms with van der Waals surface area (Å²) in [6.07, 6.45) is -25.8. The first-order valence-electron chi connectivity index (χ1n) is 16.7. The molecule has 14 N–H and O–H groups in total. The SMILES string of the molecule is OC[C@H]1O[C@@H](OC[C@H]2O[C@@H](OC3=Cc4c(cc(O)cc4O[C@@H]4O[C@H](CO)[C@@H](O)[C@H](O)[C@H]4O)OC3c3ccc(O)c(O)c3)[C@H](O)[C@@H](O)[C@@H]2O)[C@H](O)[C@@H](O)[C@@H]1O. The molecule has 2 aromatic rings. The van der Waals surface area contributed by atoms with E-state index in [0.29, 0.717) is 0 Å². The van der Waals surface area contributed by atoms with E-state index in [-0.39, 0.29) is 28.4 Å². The van der Waals surface area contributed by atoms with E-state index in [1.165, 1.54) is 12.1 Å². The number of aliphatic hydroxyl groups is 11. The van der Waals surface area contributed by atoms with E-state index in [1.807, 2.05) is 0 Å². The van der Waals surface area contributed by atoms with Crippen LogP contribution in [-0.4, -0.2) is 183 Å². The Labute approximate surface area is 304 Å². The lowest BCUT2D eigenvalue weighted by atomic mass is 9.98. The summed E-state index contributed by atoms with van der Waals surface area (Å²) in [6.45, 7) is -2.18. The molecule has 1 unspecified atom stereocenters. The maximum absolute atomic E-state index is 10.9. The summed E-state index contributed by atoms with van der Waals surface area (Å²) >= 11 is 0. The third-order valence-corrected chi connectivity index (χ3v) is 9.47. The van der Waals surface area contributed by atoms with E-state index < -0.39 is 135 Å². The van der Waals surface area contributed by atoms with Gasteiger partial charge < -0.3 is 105 Å². The van der Waals surface area contributed by atoms with Crippen LogP contribution >= 0.6 is 0 Å². The number of fused-ring (bicyclic) bond motifs is 1. The molecule has 21 nitrogen and oxygen atoms in total.